The number of benzene rings is 2. The minimum Gasteiger partial charge on any atom is -0.0646 e. The van der Waals surface area contributed by atoms with E-state index in [-0.39, 0.29) is 21.7 Å². The lowest BCUT2D eigenvalue weighted by molar-refractivity contribution is 0.332. The normalized spacial score (nSPS) is 19.3. The fourth-order valence-corrected chi connectivity index (χ4v) is 5.67. The molecule has 0 heterocycles. The van der Waals surface area contributed by atoms with Gasteiger partial charge in [0.1, 0.15) is 0 Å². The molecule has 0 N–H and O–H groups in total. The van der Waals surface area contributed by atoms with Crippen LogP contribution in [0.15, 0.2) is 24.3 Å². The molecule has 0 radical (unpaired) electrons. The highest BCUT2D eigenvalue weighted by molar-refractivity contribution is 5.80. The van der Waals surface area contributed by atoms with Gasteiger partial charge in [-0.2, -0.15) is 0 Å². The molecule has 0 heteroatoms. The van der Waals surface area contributed by atoms with Gasteiger partial charge in [0.05, 0.1) is 0 Å². The lowest BCUT2D eigenvalue weighted by Crippen LogP contribution is -2.34. The molecule has 0 atom stereocenters. The van der Waals surface area contributed by atoms with Crippen LogP contribution in [-0.2, 0) is 28.1 Å². The van der Waals surface area contributed by atoms with Crippen molar-refractivity contribution in [3.63, 3.8) is 0 Å². The maximum absolute atomic E-state index is 2.58. The molecule has 0 bridgehead atoms. The van der Waals surface area contributed by atoms with Crippen LogP contribution in [0.5, 0.6) is 0 Å². The standard InChI is InChI=1S/C30H42/c1-11-28(5,6)25-17-21-19(15-23(25)27(2,3)4)14-20-16-24-26(18-22(20)21)30(9,10)13-12-29(24,7)8/h15-18H,11-14H2,1-10H3. The molecular weight excluding hydrogens is 360 g/mol. The van der Waals surface area contributed by atoms with Crippen molar-refractivity contribution in [3.8, 4) is 11.1 Å². The van der Waals surface area contributed by atoms with E-state index in [1.807, 2.05) is 0 Å². The summed E-state index contributed by atoms with van der Waals surface area (Å²) in [6.07, 6.45) is 4.80. The number of rotatable bonds is 2. The number of hydrogen-bond acceptors (Lipinski definition) is 0. The van der Waals surface area contributed by atoms with Gasteiger partial charge in [-0.25, -0.2) is 0 Å². The first kappa shape index (κ1) is 21.7. The third kappa shape index (κ3) is 3.26. The van der Waals surface area contributed by atoms with Crippen LogP contribution in [0.4, 0.5) is 0 Å². The molecule has 0 aromatic heterocycles. The Morgan fingerprint density at radius 3 is 1.73 bits per heavy atom. The van der Waals surface area contributed by atoms with E-state index < -0.39 is 0 Å². The second-order valence-corrected chi connectivity index (χ2v) is 13.0. The molecule has 0 saturated carbocycles. The van der Waals surface area contributed by atoms with Crippen LogP contribution >= 0.6 is 0 Å². The summed E-state index contributed by atoms with van der Waals surface area (Å²) < 4.78 is 0. The van der Waals surface area contributed by atoms with Crippen LogP contribution in [0.2, 0.25) is 0 Å². The maximum atomic E-state index is 2.58. The van der Waals surface area contributed by atoms with E-state index in [1.54, 1.807) is 22.3 Å². The zero-order chi connectivity index (χ0) is 22.3. The average molecular weight is 403 g/mol. The minimum absolute atomic E-state index is 0.162. The van der Waals surface area contributed by atoms with Crippen LogP contribution < -0.4 is 0 Å². The minimum atomic E-state index is 0.162. The third-order valence-corrected chi connectivity index (χ3v) is 8.41. The molecule has 2 aromatic carbocycles. The topological polar surface area (TPSA) is 0 Å². The van der Waals surface area contributed by atoms with Gasteiger partial charge in [0.25, 0.3) is 0 Å². The van der Waals surface area contributed by atoms with Crippen molar-refractivity contribution in [3.05, 3.63) is 57.6 Å². The fraction of sp³-hybridized carbons (Fsp3) is 0.600. The molecule has 0 unspecified atom stereocenters. The Morgan fingerprint density at radius 2 is 1.20 bits per heavy atom. The smallest absolute Gasteiger partial charge is 0.00132 e. The lowest BCUT2D eigenvalue weighted by Gasteiger charge is -2.42. The van der Waals surface area contributed by atoms with E-state index in [0.717, 1.165) is 12.8 Å². The van der Waals surface area contributed by atoms with Crippen molar-refractivity contribution in [2.75, 3.05) is 0 Å². The second kappa shape index (κ2) is 6.47. The maximum Gasteiger partial charge on any atom is -0.00132 e. The van der Waals surface area contributed by atoms with Crippen LogP contribution in [0.25, 0.3) is 11.1 Å². The lowest BCUT2D eigenvalue weighted by atomic mass is 9.62. The molecule has 0 amide bonds. The predicted molar refractivity (Wildman–Crippen MR) is 132 cm³/mol. The Morgan fingerprint density at radius 1 is 0.700 bits per heavy atom. The Balaban J connectivity index is 1.97. The number of hydrogen-bond donors (Lipinski definition) is 0. The molecule has 0 aliphatic heterocycles. The highest BCUT2D eigenvalue weighted by Crippen LogP contribution is 2.51. The Bertz CT molecular complexity index is 1010. The van der Waals surface area contributed by atoms with Crippen molar-refractivity contribution in [2.45, 2.75) is 117 Å². The summed E-state index contributed by atoms with van der Waals surface area (Å²) in [6.45, 7) is 24.0. The molecule has 4 rings (SSSR count). The van der Waals surface area contributed by atoms with E-state index in [4.69, 9.17) is 0 Å². The van der Waals surface area contributed by atoms with Crippen molar-refractivity contribution in [1.29, 1.82) is 0 Å². The Hall–Kier alpha value is -1.56. The van der Waals surface area contributed by atoms with Gasteiger partial charge in [-0.3, -0.25) is 0 Å². The second-order valence-electron chi connectivity index (χ2n) is 13.0. The Labute approximate surface area is 185 Å². The van der Waals surface area contributed by atoms with Gasteiger partial charge in [-0.15, -0.1) is 0 Å². The van der Waals surface area contributed by atoms with E-state index in [2.05, 4.69) is 93.5 Å². The van der Waals surface area contributed by atoms with Crippen molar-refractivity contribution < 1.29 is 0 Å². The highest BCUT2D eigenvalue weighted by atomic mass is 14.4. The molecule has 0 nitrogen and oxygen atoms in total. The average Bonchev–Trinajstić information content (AvgIpc) is 3.00. The van der Waals surface area contributed by atoms with Gasteiger partial charge in [-0.05, 0) is 91.9 Å². The third-order valence-electron chi connectivity index (χ3n) is 8.41. The molecule has 0 fully saturated rings. The molecule has 162 valence electrons. The molecule has 2 aliphatic carbocycles. The molecule has 2 aliphatic rings. The summed E-state index contributed by atoms with van der Waals surface area (Å²) in [4.78, 5) is 0. The zero-order valence-corrected chi connectivity index (χ0v) is 21.1. The first-order valence-electron chi connectivity index (χ1n) is 12.0. The summed E-state index contributed by atoms with van der Waals surface area (Å²) in [7, 11) is 0. The van der Waals surface area contributed by atoms with Gasteiger partial charge in [0, 0.05) is 0 Å². The van der Waals surface area contributed by atoms with E-state index in [9.17, 15) is 0 Å². The molecule has 0 spiro atoms. The van der Waals surface area contributed by atoms with Gasteiger partial charge < -0.3 is 0 Å². The highest BCUT2D eigenvalue weighted by Gasteiger charge is 2.39. The van der Waals surface area contributed by atoms with Crippen LogP contribution in [0, 0.1) is 0 Å². The first-order chi connectivity index (χ1) is 13.7. The predicted octanol–water partition coefficient (Wildman–Crippen LogP) is 8.59. The van der Waals surface area contributed by atoms with Gasteiger partial charge in [0.2, 0.25) is 0 Å². The SMILES string of the molecule is CCC(C)(C)c1cc2c(cc1C(C)(C)C)Cc1cc3c(cc1-2)C(C)(C)CCC3(C)C. The van der Waals surface area contributed by atoms with E-state index >= 15 is 0 Å². The molecule has 30 heavy (non-hydrogen) atoms. The van der Waals surface area contributed by atoms with Crippen LogP contribution in [0.3, 0.4) is 0 Å². The fourth-order valence-electron chi connectivity index (χ4n) is 5.67. The van der Waals surface area contributed by atoms with Crippen molar-refractivity contribution >= 4 is 0 Å². The monoisotopic (exact) mass is 402 g/mol. The van der Waals surface area contributed by atoms with Gasteiger partial charge in [0.15, 0.2) is 0 Å². The Kier molecular flexibility index (Phi) is 4.67. The zero-order valence-electron chi connectivity index (χ0n) is 21.1. The van der Waals surface area contributed by atoms with E-state index in [1.165, 1.54) is 35.1 Å². The van der Waals surface area contributed by atoms with Gasteiger partial charge in [-0.1, -0.05) is 93.5 Å². The van der Waals surface area contributed by atoms with E-state index in [0.29, 0.717) is 0 Å². The first-order valence-corrected chi connectivity index (χ1v) is 12.0. The summed E-state index contributed by atoms with van der Waals surface area (Å²) in [5.74, 6) is 0. The quantitative estimate of drug-likeness (QED) is 0.402. The summed E-state index contributed by atoms with van der Waals surface area (Å²) in [5, 5.41) is 0. The number of fused-ring (bicyclic) bond motifs is 4. The van der Waals surface area contributed by atoms with Gasteiger partial charge >= 0.3 is 0 Å². The molecular formula is C30H42. The van der Waals surface area contributed by atoms with Crippen molar-refractivity contribution in [2.24, 2.45) is 0 Å². The summed E-state index contributed by atoms with van der Waals surface area (Å²) in [6, 6.07) is 10.3. The van der Waals surface area contributed by atoms with Crippen LogP contribution in [0.1, 0.15) is 122 Å². The molecule has 2 aromatic rings. The largest absolute Gasteiger partial charge is 0.0646 e. The molecule has 0 saturated heterocycles. The summed E-state index contributed by atoms with van der Waals surface area (Å²) in [5.41, 5.74) is 13.2. The van der Waals surface area contributed by atoms with Crippen molar-refractivity contribution in [1.82, 2.24) is 0 Å². The van der Waals surface area contributed by atoms with Crippen LogP contribution in [-0.4, -0.2) is 0 Å². The summed E-state index contributed by atoms with van der Waals surface area (Å²) >= 11 is 0.